The number of esters is 1. The number of aryl methyl sites for hydroxylation is 2. The standard InChI is InChI=1S/C20H27N3O5/c1-12(2)6-7-19(25)21-10-20(26)27-11-17(24)16-8-13(3)23(15(16)5)18-9-14(4)28-22-18/h8-9,12H,6-7,10-11H2,1-5H3,(H,21,25). The molecule has 0 aliphatic heterocycles. The van der Waals surface area contributed by atoms with E-state index in [1.807, 2.05) is 20.8 Å². The quantitative estimate of drug-likeness (QED) is 0.522. The van der Waals surface area contributed by atoms with Gasteiger partial charge in [-0.3, -0.25) is 19.0 Å². The van der Waals surface area contributed by atoms with E-state index in [-0.39, 0.29) is 24.8 Å². The lowest BCUT2D eigenvalue weighted by Crippen LogP contribution is -2.31. The molecule has 2 aromatic rings. The Morgan fingerprint density at radius 2 is 1.93 bits per heavy atom. The van der Waals surface area contributed by atoms with E-state index in [2.05, 4.69) is 10.5 Å². The number of carbonyl (C=O) groups is 3. The third-order valence-corrected chi connectivity index (χ3v) is 4.32. The zero-order valence-electron chi connectivity index (χ0n) is 17.0. The van der Waals surface area contributed by atoms with Crippen molar-refractivity contribution in [3.05, 3.63) is 34.8 Å². The molecule has 0 bridgehead atoms. The molecule has 8 nitrogen and oxygen atoms in total. The number of hydrogen-bond acceptors (Lipinski definition) is 6. The third kappa shape index (κ3) is 5.55. The Kier molecular flexibility index (Phi) is 7.14. The van der Waals surface area contributed by atoms with Gasteiger partial charge in [0.25, 0.3) is 0 Å². The number of rotatable bonds is 9. The second kappa shape index (κ2) is 9.34. The maximum absolute atomic E-state index is 12.5. The summed E-state index contributed by atoms with van der Waals surface area (Å²) in [5.41, 5.74) is 1.96. The van der Waals surface area contributed by atoms with Crippen LogP contribution in [-0.2, 0) is 14.3 Å². The maximum Gasteiger partial charge on any atom is 0.325 e. The largest absolute Gasteiger partial charge is 0.456 e. The lowest BCUT2D eigenvalue weighted by atomic mass is 10.1. The van der Waals surface area contributed by atoms with E-state index >= 15 is 0 Å². The molecule has 0 aliphatic rings. The molecule has 152 valence electrons. The van der Waals surface area contributed by atoms with Gasteiger partial charge >= 0.3 is 5.97 Å². The average molecular weight is 389 g/mol. The van der Waals surface area contributed by atoms with Crippen LogP contribution in [-0.4, -0.2) is 40.5 Å². The predicted molar refractivity (Wildman–Crippen MR) is 102 cm³/mol. The highest BCUT2D eigenvalue weighted by atomic mass is 16.5. The molecule has 0 radical (unpaired) electrons. The van der Waals surface area contributed by atoms with Gasteiger partial charge in [-0.1, -0.05) is 19.0 Å². The number of nitrogens with zero attached hydrogens (tertiary/aromatic N) is 2. The molecule has 0 aliphatic carbocycles. The first-order valence-corrected chi connectivity index (χ1v) is 9.27. The Hall–Kier alpha value is -2.90. The molecule has 0 unspecified atom stereocenters. The van der Waals surface area contributed by atoms with Crippen molar-refractivity contribution < 1.29 is 23.6 Å². The molecule has 0 saturated carbocycles. The number of amides is 1. The highest BCUT2D eigenvalue weighted by molar-refractivity contribution is 5.99. The molecule has 1 amide bonds. The lowest BCUT2D eigenvalue weighted by molar-refractivity contribution is -0.142. The Balaban J connectivity index is 1.90. The molecule has 0 spiro atoms. The summed E-state index contributed by atoms with van der Waals surface area (Å²) < 4.78 is 11.9. The van der Waals surface area contributed by atoms with Crippen LogP contribution in [0.4, 0.5) is 0 Å². The Morgan fingerprint density at radius 3 is 2.54 bits per heavy atom. The van der Waals surface area contributed by atoms with Gasteiger partial charge in [0, 0.05) is 29.4 Å². The molecule has 28 heavy (non-hydrogen) atoms. The van der Waals surface area contributed by atoms with Crippen LogP contribution in [0.15, 0.2) is 16.7 Å². The Bertz CT molecular complexity index is 863. The van der Waals surface area contributed by atoms with Gasteiger partial charge in [0.2, 0.25) is 11.7 Å². The van der Waals surface area contributed by atoms with Gasteiger partial charge in [-0.05, 0) is 39.2 Å². The van der Waals surface area contributed by atoms with E-state index in [1.54, 1.807) is 30.5 Å². The number of carbonyl (C=O) groups excluding carboxylic acids is 3. The SMILES string of the molecule is Cc1cc(-n2c(C)cc(C(=O)COC(=O)CNC(=O)CCC(C)C)c2C)no1. The summed E-state index contributed by atoms with van der Waals surface area (Å²) in [5.74, 6) is 0.498. The van der Waals surface area contributed by atoms with Gasteiger partial charge < -0.3 is 14.6 Å². The van der Waals surface area contributed by atoms with Crippen LogP contribution in [0.1, 0.15) is 54.2 Å². The molecule has 8 heteroatoms. The second-order valence-electron chi connectivity index (χ2n) is 7.21. The zero-order chi connectivity index (χ0) is 20.8. The fourth-order valence-electron chi connectivity index (χ4n) is 2.81. The van der Waals surface area contributed by atoms with Crippen LogP contribution in [0.2, 0.25) is 0 Å². The van der Waals surface area contributed by atoms with Crippen LogP contribution in [0.25, 0.3) is 5.82 Å². The minimum Gasteiger partial charge on any atom is -0.456 e. The highest BCUT2D eigenvalue weighted by Gasteiger charge is 2.19. The van der Waals surface area contributed by atoms with E-state index in [4.69, 9.17) is 9.26 Å². The molecule has 1 N–H and O–H groups in total. The molecule has 2 heterocycles. The van der Waals surface area contributed by atoms with Crippen molar-refractivity contribution >= 4 is 17.7 Å². The van der Waals surface area contributed by atoms with Crippen molar-refractivity contribution in [3.63, 3.8) is 0 Å². The van der Waals surface area contributed by atoms with Crippen molar-refractivity contribution in [2.45, 2.75) is 47.5 Å². The predicted octanol–water partition coefficient (Wildman–Crippen LogP) is 2.67. The van der Waals surface area contributed by atoms with E-state index in [1.165, 1.54) is 0 Å². The van der Waals surface area contributed by atoms with Crippen molar-refractivity contribution in [1.82, 2.24) is 15.0 Å². The van der Waals surface area contributed by atoms with E-state index < -0.39 is 5.97 Å². The highest BCUT2D eigenvalue weighted by Crippen LogP contribution is 2.21. The van der Waals surface area contributed by atoms with Gasteiger partial charge in [0.1, 0.15) is 12.3 Å². The minimum absolute atomic E-state index is 0.205. The average Bonchev–Trinajstić information content (AvgIpc) is 3.18. The molecule has 0 saturated heterocycles. The summed E-state index contributed by atoms with van der Waals surface area (Å²) in [5, 5.41) is 6.47. The summed E-state index contributed by atoms with van der Waals surface area (Å²) in [7, 11) is 0. The fourth-order valence-corrected chi connectivity index (χ4v) is 2.81. The third-order valence-electron chi connectivity index (χ3n) is 4.32. The normalized spacial score (nSPS) is 10.9. The summed E-state index contributed by atoms with van der Waals surface area (Å²) in [6.45, 7) is 8.84. The van der Waals surface area contributed by atoms with Crippen LogP contribution >= 0.6 is 0 Å². The molecule has 2 aromatic heterocycles. The topological polar surface area (TPSA) is 103 Å². The summed E-state index contributed by atoms with van der Waals surface area (Å²) in [6, 6.07) is 3.50. The number of ether oxygens (including phenoxy) is 1. The first-order valence-electron chi connectivity index (χ1n) is 9.27. The van der Waals surface area contributed by atoms with Crippen molar-refractivity contribution in [2.75, 3.05) is 13.2 Å². The van der Waals surface area contributed by atoms with Gasteiger partial charge in [0.15, 0.2) is 12.4 Å². The second-order valence-corrected chi connectivity index (χ2v) is 7.21. The Labute approximate surface area is 164 Å². The maximum atomic E-state index is 12.5. The first kappa shape index (κ1) is 21.4. The molecular formula is C20H27N3O5. The van der Waals surface area contributed by atoms with Gasteiger partial charge in [-0.25, -0.2) is 0 Å². The number of hydrogen-bond donors (Lipinski definition) is 1. The van der Waals surface area contributed by atoms with Crippen LogP contribution in [0, 0.1) is 26.7 Å². The monoisotopic (exact) mass is 389 g/mol. The summed E-state index contributed by atoms with van der Waals surface area (Å²) >= 11 is 0. The van der Waals surface area contributed by atoms with Crippen LogP contribution in [0.5, 0.6) is 0 Å². The van der Waals surface area contributed by atoms with Crippen molar-refractivity contribution in [1.29, 1.82) is 0 Å². The van der Waals surface area contributed by atoms with Gasteiger partial charge in [0.05, 0.1) is 0 Å². The molecule has 0 fully saturated rings. The number of Topliss-reactive ketones (excluding diaryl/α,β-unsaturated/α-hetero) is 1. The van der Waals surface area contributed by atoms with E-state index in [9.17, 15) is 14.4 Å². The van der Waals surface area contributed by atoms with E-state index in [0.29, 0.717) is 35.2 Å². The lowest BCUT2D eigenvalue weighted by Gasteiger charge is -2.08. The zero-order valence-corrected chi connectivity index (χ0v) is 17.0. The fraction of sp³-hybridized carbons (Fsp3) is 0.500. The van der Waals surface area contributed by atoms with Gasteiger partial charge in [-0.15, -0.1) is 0 Å². The van der Waals surface area contributed by atoms with Crippen LogP contribution < -0.4 is 5.32 Å². The number of nitrogens with one attached hydrogen (secondary N) is 1. The first-order chi connectivity index (χ1) is 13.2. The smallest absolute Gasteiger partial charge is 0.325 e. The number of aromatic nitrogens is 2. The summed E-state index contributed by atoms with van der Waals surface area (Å²) in [4.78, 5) is 35.9. The molecular weight excluding hydrogens is 362 g/mol. The van der Waals surface area contributed by atoms with Crippen LogP contribution in [0.3, 0.4) is 0 Å². The number of ketones is 1. The van der Waals surface area contributed by atoms with Gasteiger partial charge in [-0.2, -0.15) is 0 Å². The minimum atomic E-state index is -0.646. The molecule has 2 rings (SSSR count). The molecule has 0 atom stereocenters. The van der Waals surface area contributed by atoms with Crippen molar-refractivity contribution in [3.8, 4) is 5.82 Å². The Morgan fingerprint density at radius 1 is 1.21 bits per heavy atom. The van der Waals surface area contributed by atoms with E-state index in [0.717, 1.165) is 12.1 Å². The van der Waals surface area contributed by atoms with Crippen molar-refractivity contribution in [2.24, 2.45) is 5.92 Å². The molecule has 0 aromatic carbocycles. The summed E-state index contributed by atoms with van der Waals surface area (Å²) in [6.07, 6.45) is 1.11.